The van der Waals surface area contributed by atoms with Gasteiger partial charge in [-0.1, -0.05) is 20.8 Å². The molecule has 4 unspecified atom stereocenters. The van der Waals surface area contributed by atoms with E-state index in [4.69, 9.17) is 4.42 Å². The molecule has 2 N–H and O–H groups in total. The molecule has 1 heterocycles. The number of hydrogen-bond acceptors (Lipinski definition) is 4. The number of oxazole rings is 1. The van der Waals surface area contributed by atoms with Gasteiger partial charge in [-0.25, -0.2) is 4.98 Å². The third-order valence-corrected chi connectivity index (χ3v) is 4.98. The van der Waals surface area contributed by atoms with Gasteiger partial charge in [0.2, 0.25) is 5.89 Å². The van der Waals surface area contributed by atoms with Gasteiger partial charge in [-0.15, -0.1) is 0 Å². The molecule has 4 atom stereocenters. The lowest BCUT2D eigenvalue weighted by molar-refractivity contribution is -0.144. The first kappa shape index (κ1) is 14.6. The van der Waals surface area contributed by atoms with Crippen molar-refractivity contribution in [1.29, 1.82) is 0 Å². The summed E-state index contributed by atoms with van der Waals surface area (Å²) in [5.41, 5.74) is -0.0543. The maximum Gasteiger partial charge on any atom is 0.308 e. The molecular weight excluding hydrogens is 268 g/mol. The summed E-state index contributed by atoms with van der Waals surface area (Å²) in [6.45, 7) is 6.76. The first-order chi connectivity index (χ1) is 9.86. The Bertz CT molecular complexity index is 532. The number of hydrogen-bond donors (Lipinski definition) is 2. The Kier molecular flexibility index (Phi) is 3.56. The number of carboxylic acid groups (broad SMARTS) is 1. The summed E-state index contributed by atoms with van der Waals surface area (Å²) < 4.78 is 5.76. The zero-order valence-corrected chi connectivity index (χ0v) is 12.9. The molecular formula is C16H24N2O3. The van der Waals surface area contributed by atoms with Crippen molar-refractivity contribution in [3.63, 3.8) is 0 Å². The number of nitrogens with one attached hydrogen (secondary N) is 1. The van der Waals surface area contributed by atoms with Crippen LogP contribution in [-0.4, -0.2) is 22.1 Å². The Morgan fingerprint density at radius 2 is 2.14 bits per heavy atom. The normalized spacial score (nSPS) is 31.8. The molecule has 2 saturated carbocycles. The van der Waals surface area contributed by atoms with Gasteiger partial charge >= 0.3 is 5.97 Å². The van der Waals surface area contributed by atoms with Gasteiger partial charge in [0.05, 0.1) is 18.7 Å². The summed E-state index contributed by atoms with van der Waals surface area (Å²) in [7, 11) is 0. The number of carbonyl (C=O) groups is 1. The van der Waals surface area contributed by atoms with Crippen LogP contribution >= 0.6 is 0 Å². The third-order valence-electron chi connectivity index (χ3n) is 4.98. The van der Waals surface area contributed by atoms with Crippen molar-refractivity contribution in [2.45, 2.75) is 58.0 Å². The molecule has 2 bridgehead atoms. The summed E-state index contributed by atoms with van der Waals surface area (Å²) in [6, 6.07) is 0.0613. The van der Waals surface area contributed by atoms with Crippen molar-refractivity contribution in [3.05, 3.63) is 17.8 Å². The number of carboxylic acids is 1. The number of rotatable bonds is 4. The number of aromatic nitrogens is 1. The number of aliphatic carboxylic acids is 1. The molecule has 1 aromatic heterocycles. The lowest BCUT2D eigenvalue weighted by atomic mass is 9.84. The molecule has 0 radical (unpaired) electrons. The van der Waals surface area contributed by atoms with Gasteiger partial charge in [0.15, 0.2) is 0 Å². The highest BCUT2D eigenvalue weighted by Gasteiger charge is 2.50. The topological polar surface area (TPSA) is 75.4 Å². The summed E-state index contributed by atoms with van der Waals surface area (Å²) in [4.78, 5) is 15.8. The van der Waals surface area contributed by atoms with E-state index in [1.165, 1.54) is 0 Å². The van der Waals surface area contributed by atoms with Crippen molar-refractivity contribution in [2.75, 3.05) is 0 Å². The number of nitrogens with zero attached hydrogens (tertiary/aromatic N) is 1. The van der Waals surface area contributed by atoms with E-state index in [1.54, 1.807) is 6.20 Å². The SMILES string of the molecule is CC(C)(C)c1cnc(CNC2C3CCC(C3)C2C(=O)O)o1. The second-order valence-electron chi connectivity index (χ2n) is 7.47. The Morgan fingerprint density at radius 1 is 1.43 bits per heavy atom. The van der Waals surface area contributed by atoms with Crippen molar-refractivity contribution in [2.24, 2.45) is 17.8 Å². The summed E-state index contributed by atoms with van der Waals surface area (Å²) >= 11 is 0. The van der Waals surface area contributed by atoms with Crippen LogP contribution in [0.2, 0.25) is 0 Å². The summed E-state index contributed by atoms with van der Waals surface area (Å²) in [6.07, 6.45) is 5.03. The maximum absolute atomic E-state index is 11.5. The van der Waals surface area contributed by atoms with Crippen molar-refractivity contribution < 1.29 is 14.3 Å². The van der Waals surface area contributed by atoms with Crippen molar-refractivity contribution in [3.8, 4) is 0 Å². The molecule has 21 heavy (non-hydrogen) atoms. The lowest BCUT2D eigenvalue weighted by Gasteiger charge is -2.28. The fraction of sp³-hybridized carbons (Fsp3) is 0.750. The molecule has 0 aromatic carbocycles. The van der Waals surface area contributed by atoms with Crippen LogP contribution < -0.4 is 5.32 Å². The van der Waals surface area contributed by atoms with E-state index in [9.17, 15) is 9.90 Å². The van der Waals surface area contributed by atoms with E-state index in [1.807, 2.05) is 0 Å². The van der Waals surface area contributed by atoms with Gasteiger partial charge in [-0.3, -0.25) is 4.79 Å². The highest BCUT2D eigenvalue weighted by Crippen LogP contribution is 2.48. The second kappa shape index (κ2) is 5.13. The highest BCUT2D eigenvalue weighted by molar-refractivity contribution is 5.72. The molecule has 2 aliphatic rings. The van der Waals surface area contributed by atoms with Crippen molar-refractivity contribution >= 4 is 5.97 Å². The van der Waals surface area contributed by atoms with Gasteiger partial charge in [0, 0.05) is 11.5 Å². The lowest BCUT2D eigenvalue weighted by Crippen LogP contribution is -2.43. The van der Waals surface area contributed by atoms with Gasteiger partial charge in [-0.05, 0) is 31.1 Å². The van der Waals surface area contributed by atoms with E-state index < -0.39 is 5.97 Å². The fourth-order valence-corrected chi connectivity index (χ4v) is 3.88. The van der Waals surface area contributed by atoms with E-state index in [-0.39, 0.29) is 17.4 Å². The first-order valence-corrected chi connectivity index (χ1v) is 7.77. The van der Waals surface area contributed by atoms with Crippen LogP contribution in [0.5, 0.6) is 0 Å². The van der Waals surface area contributed by atoms with Gasteiger partial charge in [0.1, 0.15) is 5.76 Å². The predicted molar refractivity (Wildman–Crippen MR) is 77.8 cm³/mol. The molecule has 2 aliphatic carbocycles. The Hall–Kier alpha value is -1.36. The van der Waals surface area contributed by atoms with Crippen molar-refractivity contribution in [1.82, 2.24) is 10.3 Å². The quantitative estimate of drug-likeness (QED) is 0.892. The van der Waals surface area contributed by atoms with Crippen LogP contribution in [0.3, 0.4) is 0 Å². The van der Waals surface area contributed by atoms with Crippen LogP contribution in [0.25, 0.3) is 0 Å². The van der Waals surface area contributed by atoms with Crippen LogP contribution in [0.4, 0.5) is 0 Å². The third kappa shape index (κ3) is 2.71. The fourth-order valence-electron chi connectivity index (χ4n) is 3.88. The smallest absolute Gasteiger partial charge is 0.308 e. The van der Waals surface area contributed by atoms with Crippen LogP contribution in [-0.2, 0) is 16.8 Å². The molecule has 0 saturated heterocycles. The molecule has 2 fully saturated rings. The Labute approximate surface area is 125 Å². The molecule has 3 rings (SSSR count). The summed E-state index contributed by atoms with van der Waals surface area (Å²) in [5, 5.41) is 12.8. The average Bonchev–Trinajstić information content (AvgIpc) is 3.09. The van der Waals surface area contributed by atoms with Gasteiger partial charge < -0.3 is 14.8 Å². The summed E-state index contributed by atoms with van der Waals surface area (Å²) in [5.74, 6) is 1.44. The largest absolute Gasteiger partial charge is 0.481 e. The molecule has 0 aliphatic heterocycles. The van der Waals surface area contributed by atoms with E-state index >= 15 is 0 Å². The standard InChI is InChI=1S/C16H24N2O3/c1-16(2,3)11-7-17-12(21-11)8-18-14-10-5-4-9(6-10)13(14)15(19)20/h7,9-10,13-14,18H,4-6,8H2,1-3H3,(H,19,20). The monoisotopic (exact) mass is 292 g/mol. The van der Waals surface area contributed by atoms with E-state index in [0.717, 1.165) is 25.0 Å². The molecule has 5 nitrogen and oxygen atoms in total. The second-order valence-corrected chi connectivity index (χ2v) is 7.47. The molecule has 0 spiro atoms. The van der Waals surface area contributed by atoms with Crippen LogP contribution in [0, 0.1) is 17.8 Å². The molecule has 5 heteroatoms. The Balaban J connectivity index is 1.65. The average molecular weight is 292 g/mol. The molecule has 116 valence electrons. The zero-order valence-electron chi connectivity index (χ0n) is 12.9. The van der Waals surface area contributed by atoms with Gasteiger partial charge in [0.25, 0.3) is 0 Å². The Morgan fingerprint density at radius 3 is 2.76 bits per heavy atom. The molecule has 1 aromatic rings. The minimum atomic E-state index is -0.664. The minimum absolute atomic E-state index is 0.0543. The van der Waals surface area contributed by atoms with E-state index in [2.05, 4.69) is 31.1 Å². The maximum atomic E-state index is 11.5. The molecule has 0 amide bonds. The first-order valence-electron chi connectivity index (χ1n) is 7.77. The van der Waals surface area contributed by atoms with Gasteiger partial charge in [-0.2, -0.15) is 0 Å². The zero-order chi connectivity index (χ0) is 15.2. The minimum Gasteiger partial charge on any atom is -0.481 e. The number of fused-ring (bicyclic) bond motifs is 2. The highest BCUT2D eigenvalue weighted by atomic mass is 16.4. The van der Waals surface area contributed by atoms with Crippen LogP contribution in [0.1, 0.15) is 51.7 Å². The van der Waals surface area contributed by atoms with E-state index in [0.29, 0.717) is 24.3 Å². The van der Waals surface area contributed by atoms with Crippen LogP contribution in [0.15, 0.2) is 10.6 Å². The predicted octanol–water partition coefficient (Wildman–Crippen LogP) is 2.56.